The number of halogens is 2. The van der Waals surface area contributed by atoms with Crippen molar-refractivity contribution in [1.82, 2.24) is 20.8 Å². The third-order valence-electron chi connectivity index (χ3n) is 2.95. The lowest BCUT2D eigenvalue weighted by molar-refractivity contribution is 0.796. The molecule has 0 radical (unpaired) electrons. The zero-order valence-electron chi connectivity index (χ0n) is 12.5. The molecule has 0 amide bonds. The fraction of sp³-hybridized carbons (Fsp3) is 0.333. The van der Waals surface area contributed by atoms with Gasteiger partial charge in [-0.2, -0.15) is 5.10 Å². The fourth-order valence-electron chi connectivity index (χ4n) is 1.90. The number of hydrogen-bond donors (Lipinski definition) is 3. The molecular formula is C15H21ClIN5. The Morgan fingerprint density at radius 2 is 2.09 bits per heavy atom. The molecule has 120 valence electrons. The first-order valence-electron chi connectivity index (χ1n) is 7.03. The quantitative estimate of drug-likeness (QED) is 0.373. The van der Waals surface area contributed by atoms with E-state index in [0.29, 0.717) is 6.54 Å². The first kappa shape index (κ1) is 18.8. The summed E-state index contributed by atoms with van der Waals surface area (Å²) in [5.74, 6) is 0.791. The van der Waals surface area contributed by atoms with Crippen molar-refractivity contribution >= 4 is 41.5 Å². The number of nitrogens with zero attached hydrogens (tertiary/aromatic N) is 2. The van der Waals surface area contributed by atoms with Crippen molar-refractivity contribution in [3.63, 3.8) is 0 Å². The van der Waals surface area contributed by atoms with Gasteiger partial charge in [0.15, 0.2) is 5.96 Å². The Hall–Kier alpha value is -1.28. The van der Waals surface area contributed by atoms with Crippen molar-refractivity contribution in [3.8, 4) is 0 Å². The highest BCUT2D eigenvalue weighted by molar-refractivity contribution is 14.0. The molecule has 5 nitrogen and oxygen atoms in total. The van der Waals surface area contributed by atoms with Crippen LogP contribution in [0.25, 0.3) is 0 Å². The molecule has 0 unspecified atom stereocenters. The van der Waals surface area contributed by atoms with Gasteiger partial charge in [0.25, 0.3) is 0 Å². The molecule has 0 fully saturated rings. The predicted octanol–water partition coefficient (Wildman–Crippen LogP) is 2.98. The van der Waals surface area contributed by atoms with Gasteiger partial charge in [-0.3, -0.25) is 5.10 Å². The molecule has 1 heterocycles. The first-order chi connectivity index (χ1) is 10.3. The second kappa shape index (κ2) is 10.4. The zero-order chi connectivity index (χ0) is 14.9. The van der Waals surface area contributed by atoms with Gasteiger partial charge in [-0.1, -0.05) is 29.8 Å². The lowest BCUT2D eigenvalue weighted by Crippen LogP contribution is -2.38. The van der Waals surface area contributed by atoms with Crippen LogP contribution in [0.4, 0.5) is 0 Å². The van der Waals surface area contributed by atoms with Gasteiger partial charge in [0, 0.05) is 24.3 Å². The molecule has 3 N–H and O–H groups in total. The van der Waals surface area contributed by atoms with E-state index < -0.39 is 0 Å². The van der Waals surface area contributed by atoms with Crippen LogP contribution in [0.5, 0.6) is 0 Å². The average Bonchev–Trinajstić information content (AvgIpc) is 3.00. The molecule has 1 aromatic heterocycles. The Labute approximate surface area is 153 Å². The molecule has 0 bridgehead atoms. The highest BCUT2D eigenvalue weighted by Gasteiger charge is 2.01. The van der Waals surface area contributed by atoms with E-state index in [-0.39, 0.29) is 24.0 Å². The van der Waals surface area contributed by atoms with E-state index in [1.54, 1.807) is 6.20 Å². The van der Waals surface area contributed by atoms with E-state index in [4.69, 9.17) is 11.6 Å². The van der Waals surface area contributed by atoms with E-state index in [2.05, 4.69) is 25.8 Å². The standard InChI is InChI=1S/C15H20ClN5.HI/c1-2-17-15(19-11-13-8-10-20-21-13)18-9-7-12-5-3-4-6-14(12)16;/h3-6,8,10H,2,7,9,11H2,1H3,(H,20,21)(H2,17,18,19);1H. The Bertz CT molecular complexity index is 571. The van der Waals surface area contributed by atoms with E-state index in [9.17, 15) is 0 Å². The smallest absolute Gasteiger partial charge is 0.191 e. The number of nitrogens with one attached hydrogen (secondary N) is 3. The maximum Gasteiger partial charge on any atom is 0.191 e. The zero-order valence-corrected chi connectivity index (χ0v) is 15.6. The summed E-state index contributed by atoms with van der Waals surface area (Å²) in [7, 11) is 0. The largest absolute Gasteiger partial charge is 0.357 e. The number of H-pyrrole nitrogens is 1. The summed E-state index contributed by atoms with van der Waals surface area (Å²) in [5, 5.41) is 14.1. The number of aliphatic imine (C=N–C) groups is 1. The maximum absolute atomic E-state index is 6.14. The van der Waals surface area contributed by atoms with Crippen LogP contribution in [-0.2, 0) is 13.0 Å². The van der Waals surface area contributed by atoms with Crippen molar-refractivity contribution in [2.45, 2.75) is 19.9 Å². The monoisotopic (exact) mass is 433 g/mol. The van der Waals surface area contributed by atoms with Gasteiger partial charge >= 0.3 is 0 Å². The summed E-state index contributed by atoms with van der Waals surface area (Å²) in [6.45, 7) is 4.21. The van der Waals surface area contributed by atoms with E-state index in [1.807, 2.05) is 37.3 Å². The molecule has 22 heavy (non-hydrogen) atoms. The van der Waals surface area contributed by atoms with E-state index >= 15 is 0 Å². The minimum absolute atomic E-state index is 0. The van der Waals surface area contributed by atoms with E-state index in [1.165, 1.54) is 0 Å². The number of aromatic nitrogens is 2. The maximum atomic E-state index is 6.14. The topological polar surface area (TPSA) is 65.1 Å². The summed E-state index contributed by atoms with van der Waals surface area (Å²) in [5.41, 5.74) is 2.12. The van der Waals surface area contributed by atoms with Crippen LogP contribution in [0.1, 0.15) is 18.2 Å². The van der Waals surface area contributed by atoms with Gasteiger partial charge in [0.05, 0.1) is 12.2 Å². The molecule has 7 heteroatoms. The van der Waals surface area contributed by atoms with Crippen molar-refractivity contribution in [2.24, 2.45) is 4.99 Å². The Kier molecular flexibility index (Phi) is 8.91. The number of benzene rings is 1. The van der Waals surface area contributed by atoms with Gasteiger partial charge in [-0.05, 0) is 31.0 Å². The van der Waals surface area contributed by atoms with Gasteiger partial charge in [-0.25, -0.2) is 4.99 Å². The molecule has 1 aromatic carbocycles. The van der Waals surface area contributed by atoms with Crippen molar-refractivity contribution in [3.05, 3.63) is 52.8 Å². The number of aromatic amines is 1. The Balaban J connectivity index is 0.00000242. The molecule has 2 rings (SSSR count). The number of hydrogen-bond acceptors (Lipinski definition) is 2. The van der Waals surface area contributed by atoms with E-state index in [0.717, 1.165) is 41.7 Å². The van der Waals surface area contributed by atoms with Gasteiger partial charge in [-0.15, -0.1) is 24.0 Å². The van der Waals surface area contributed by atoms with Crippen LogP contribution in [-0.4, -0.2) is 29.2 Å². The fourth-order valence-corrected chi connectivity index (χ4v) is 2.13. The summed E-state index contributed by atoms with van der Waals surface area (Å²) in [4.78, 5) is 4.50. The van der Waals surface area contributed by atoms with Crippen LogP contribution >= 0.6 is 35.6 Å². The van der Waals surface area contributed by atoms with Crippen LogP contribution in [0, 0.1) is 0 Å². The predicted molar refractivity (Wildman–Crippen MR) is 102 cm³/mol. The second-order valence-electron chi connectivity index (χ2n) is 4.55. The van der Waals surface area contributed by atoms with Crippen LogP contribution in [0.2, 0.25) is 5.02 Å². The summed E-state index contributed by atoms with van der Waals surface area (Å²) < 4.78 is 0. The normalized spacial score (nSPS) is 10.9. The lowest BCUT2D eigenvalue weighted by Gasteiger charge is -2.11. The van der Waals surface area contributed by atoms with Crippen molar-refractivity contribution in [1.29, 1.82) is 0 Å². The Morgan fingerprint density at radius 3 is 2.77 bits per heavy atom. The highest BCUT2D eigenvalue weighted by atomic mass is 127. The van der Waals surface area contributed by atoms with Gasteiger partial charge in [0.1, 0.15) is 0 Å². The molecular weight excluding hydrogens is 413 g/mol. The third kappa shape index (κ3) is 6.23. The molecule has 0 spiro atoms. The van der Waals surface area contributed by atoms with Gasteiger partial charge in [0.2, 0.25) is 0 Å². The summed E-state index contributed by atoms with van der Waals surface area (Å²) >= 11 is 6.14. The molecule has 0 saturated carbocycles. The lowest BCUT2D eigenvalue weighted by atomic mass is 10.1. The third-order valence-corrected chi connectivity index (χ3v) is 3.32. The molecule has 0 aliphatic heterocycles. The SMILES string of the molecule is CCNC(=NCc1ccn[nH]1)NCCc1ccccc1Cl.I. The summed E-state index contributed by atoms with van der Waals surface area (Å²) in [6.07, 6.45) is 2.58. The highest BCUT2D eigenvalue weighted by Crippen LogP contribution is 2.14. The second-order valence-corrected chi connectivity index (χ2v) is 4.95. The summed E-state index contributed by atoms with van der Waals surface area (Å²) in [6, 6.07) is 9.80. The van der Waals surface area contributed by atoms with Crippen LogP contribution in [0.15, 0.2) is 41.5 Å². The minimum Gasteiger partial charge on any atom is -0.357 e. The van der Waals surface area contributed by atoms with Crippen molar-refractivity contribution < 1.29 is 0 Å². The minimum atomic E-state index is 0. The van der Waals surface area contributed by atoms with Crippen molar-refractivity contribution in [2.75, 3.05) is 13.1 Å². The number of rotatable bonds is 6. The molecule has 0 aliphatic carbocycles. The first-order valence-corrected chi connectivity index (χ1v) is 7.41. The van der Waals surface area contributed by atoms with Crippen LogP contribution in [0.3, 0.4) is 0 Å². The number of guanidine groups is 1. The molecule has 0 atom stereocenters. The van der Waals surface area contributed by atoms with Crippen LogP contribution < -0.4 is 10.6 Å². The molecule has 0 aliphatic rings. The molecule has 0 saturated heterocycles. The van der Waals surface area contributed by atoms with Gasteiger partial charge < -0.3 is 10.6 Å². The molecule has 2 aromatic rings. The average molecular weight is 434 g/mol. The Morgan fingerprint density at radius 1 is 1.27 bits per heavy atom.